The molecule has 2 aromatic carbocycles. The van der Waals surface area contributed by atoms with Crippen LogP contribution in [0.3, 0.4) is 0 Å². The van der Waals surface area contributed by atoms with Gasteiger partial charge in [0, 0.05) is 3.57 Å². The smallest absolute Gasteiger partial charge is 0.395 e. The fourth-order valence-corrected chi connectivity index (χ4v) is 2.43. The Bertz CT molecular complexity index is 556. The molecule has 94 valence electrons. The van der Waals surface area contributed by atoms with Crippen LogP contribution in [0.4, 0.5) is 0 Å². The van der Waals surface area contributed by atoms with Gasteiger partial charge in [0.15, 0.2) is 0 Å². The van der Waals surface area contributed by atoms with Crippen molar-refractivity contribution < 1.29 is 18.5 Å². The summed E-state index contributed by atoms with van der Waals surface area (Å²) in [5.74, 6) is 0.575. The minimum absolute atomic E-state index is 0.286. The summed E-state index contributed by atoms with van der Waals surface area (Å²) in [4.78, 5) is 9.60. The Labute approximate surface area is 118 Å². The summed E-state index contributed by atoms with van der Waals surface area (Å²) in [5, 5.41) is 0. The maximum Gasteiger partial charge on any atom is 0.584 e. The van der Waals surface area contributed by atoms with Crippen molar-refractivity contribution >= 4 is 30.4 Å². The zero-order chi connectivity index (χ0) is 13.0. The van der Waals surface area contributed by atoms with Gasteiger partial charge in [0.05, 0.1) is 0 Å². The van der Waals surface area contributed by atoms with E-state index in [0.717, 1.165) is 3.57 Å². The van der Waals surface area contributed by atoms with Gasteiger partial charge in [0.1, 0.15) is 11.5 Å². The number of halogens is 1. The van der Waals surface area contributed by atoms with E-state index in [9.17, 15) is 9.46 Å². The lowest BCUT2D eigenvalue weighted by atomic mass is 10.3. The Balaban J connectivity index is 2.08. The largest absolute Gasteiger partial charge is 0.584 e. The van der Waals surface area contributed by atoms with Crippen LogP contribution >= 0.6 is 30.4 Å². The fraction of sp³-hybridized carbons (Fsp3) is 0. The van der Waals surface area contributed by atoms with Crippen molar-refractivity contribution in [3.05, 3.63) is 58.2 Å². The van der Waals surface area contributed by atoms with Crippen LogP contribution in [0, 0.1) is 3.57 Å². The normalized spacial score (nSPS) is 13.7. The van der Waals surface area contributed by atoms with E-state index in [0.29, 0.717) is 0 Å². The van der Waals surface area contributed by atoms with Crippen molar-refractivity contribution in [2.75, 3.05) is 0 Å². The van der Waals surface area contributed by atoms with Gasteiger partial charge in [-0.15, -0.1) is 0 Å². The monoisotopic (exact) mass is 376 g/mol. The minimum Gasteiger partial charge on any atom is -0.395 e. The van der Waals surface area contributed by atoms with Crippen molar-refractivity contribution in [3.8, 4) is 11.5 Å². The van der Waals surface area contributed by atoms with Crippen LogP contribution < -0.4 is 9.05 Å². The van der Waals surface area contributed by atoms with Crippen molar-refractivity contribution in [3.63, 3.8) is 0 Å². The Hall–Kier alpha value is -1.04. The maximum absolute atomic E-state index is 11.7. The zero-order valence-electron chi connectivity index (χ0n) is 9.19. The number of phosphoric ester groups is 1. The second kappa shape index (κ2) is 5.73. The maximum atomic E-state index is 11.7. The topological polar surface area (TPSA) is 55.8 Å². The molecule has 0 saturated heterocycles. The summed E-state index contributed by atoms with van der Waals surface area (Å²) in [6.45, 7) is 0. The first kappa shape index (κ1) is 13.4. The van der Waals surface area contributed by atoms with Crippen LogP contribution in [-0.2, 0) is 4.57 Å². The molecule has 0 spiro atoms. The molecule has 0 heterocycles. The van der Waals surface area contributed by atoms with E-state index >= 15 is 0 Å². The molecule has 1 unspecified atom stereocenters. The summed E-state index contributed by atoms with van der Waals surface area (Å²) in [6, 6.07) is 15.1. The number of benzene rings is 2. The Morgan fingerprint density at radius 3 is 1.94 bits per heavy atom. The van der Waals surface area contributed by atoms with Crippen molar-refractivity contribution in [2.24, 2.45) is 0 Å². The third-order valence-corrected chi connectivity index (χ3v) is 3.60. The predicted molar refractivity (Wildman–Crippen MR) is 76.7 cm³/mol. The minimum atomic E-state index is -4.15. The van der Waals surface area contributed by atoms with Gasteiger partial charge in [-0.2, -0.15) is 0 Å². The van der Waals surface area contributed by atoms with Crippen LogP contribution in [0.1, 0.15) is 0 Å². The number of phosphoric acid groups is 1. The van der Waals surface area contributed by atoms with Crippen LogP contribution in [0.25, 0.3) is 0 Å². The van der Waals surface area contributed by atoms with Gasteiger partial charge in [-0.25, -0.2) is 4.57 Å². The molecule has 0 amide bonds. The molecule has 0 radical (unpaired) electrons. The highest BCUT2D eigenvalue weighted by molar-refractivity contribution is 14.1. The van der Waals surface area contributed by atoms with Crippen LogP contribution in [0.5, 0.6) is 11.5 Å². The number of hydrogen-bond donors (Lipinski definition) is 1. The molecule has 0 bridgehead atoms. The Morgan fingerprint density at radius 1 is 0.889 bits per heavy atom. The highest BCUT2D eigenvalue weighted by Crippen LogP contribution is 2.44. The molecule has 0 fully saturated rings. The predicted octanol–water partition coefficient (Wildman–Crippen LogP) is 3.85. The lowest BCUT2D eigenvalue weighted by Crippen LogP contribution is -1.99. The number of hydrogen-bond acceptors (Lipinski definition) is 3. The summed E-state index contributed by atoms with van der Waals surface area (Å²) in [7, 11) is -4.15. The van der Waals surface area contributed by atoms with Gasteiger partial charge in [-0.3, -0.25) is 4.89 Å². The third-order valence-electron chi connectivity index (χ3n) is 2.00. The van der Waals surface area contributed by atoms with Gasteiger partial charge >= 0.3 is 7.82 Å². The molecular weight excluding hydrogens is 366 g/mol. The van der Waals surface area contributed by atoms with Gasteiger partial charge in [-0.1, -0.05) is 18.2 Å². The van der Waals surface area contributed by atoms with Crippen molar-refractivity contribution in [1.82, 2.24) is 0 Å². The Morgan fingerprint density at radius 2 is 1.39 bits per heavy atom. The van der Waals surface area contributed by atoms with E-state index in [2.05, 4.69) is 22.6 Å². The molecule has 1 atom stereocenters. The molecule has 0 aromatic heterocycles. The molecule has 4 nitrogen and oxygen atoms in total. The van der Waals surface area contributed by atoms with Gasteiger partial charge < -0.3 is 9.05 Å². The highest BCUT2D eigenvalue weighted by Gasteiger charge is 2.24. The molecule has 1 N–H and O–H groups in total. The van der Waals surface area contributed by atoms with Gasteiger partial charge in [0.2, 0.25) is 0 Å². The molecular formula is C12H10IO4P. The van der Waals surface area contributed by atoms with Crippen LogP contribution in [0.2, 0.25) is 0 Å². The lowest BCUT2D eigenvalue weighted by Gasteiger charge is -2.13. The molecule has 6 heteroatoms. The number of rotatable bonds is 4. The van der Waals surface area contributed by atoms with Gasteiger partial charge in [-0.05, 0) is 59.0 Å². The Kier molecular flexibility index (Phi) is 4.27. The van der Waals surface area contributed by atoms with E-state index in [4.69, 9.17) is 9.05 Å². The molecule has 2 aromatic rings. The van der Waals surface area contributed by atoms with E-state index in [1.807, 2.05) is 0 Å². The summed E-state index contributed by atoms with van der Waals surface area (Å²) < 4.78 is 22.6. The first-order valence-electron chi connectivity index (χ1n) is 5.08. The molecule has 18 heavy (non-hydrogen) atoms. The second-order valence-electron chi connectivity index (χ2n) is 3.42. The third kappa shape index (κ3) is 4.01. The fourth-order valence-electron chi connectivity index (χ4n) is 1.26. The van der Waals surface area contributed by atoms with Crippen molar-refractivity contribution in [1.29, 1.82) is 0 Å². The molecule has 2 rings (SSSR count). The van der Waals surface area contributed by atoms with E-state index in [-0.39, 0.29) is 11.5 Å². The number of para-hydroxylation sites is 1. The summed E-state index contributed by atoms with van der Waals surface area (Å²) in [6.07, 6.45) is 0. The SMILES string of the molecule is O=P(O)(Oc1ccccc1)Oc1ccc(I)cc1. The average Bonchev–Trinajstić information content (AvgIpc) is 2.32. The summed E-state index contributed by atoms with van der Waals surface area (Å²) in [5.41, 5.74) is 0. The van der Waals surface area contributed by atoms with E-state index in [1.165, 1.54) is 0 Å². The first-order chi connectivity index (χ1) is 8.55. The zero-order valence-corrected chi connectivity index (χ0v) is 12.2. The summed E-state index contributed by atoms with van der Waals surface area (Å²) >= 11 is 2.13. The van der Waals surface area contributed by atoms with Gasteiger partial charge in [0.25, 0.3) is 0 Å². The van der Waals surface area contributed by atoms with E-state index < -0.39 is 7.82 Å². The average molecular weight is 376 g/mol. The van der Waals surface area contributed by atoms with Crippen LogP contribution in [-0.4, -0.2) is 4.89 Å². The van der Waals surface area contributed by atoms with Crippen LogP contribution in [0.15, 0.2) is 54.6 Å². The second-order valence-corrected chi connectivity index (χ2v) is 5.97. The standard InChI is InChI=1S/C12H10IO4P/c13-10-6-8-12(9-7-10)17-18(14,15)16-11-4-2-1-3-5-11/h1-9H,(H,14,15). The van der Waals surface area contributed by atoms with E-state index in [1.54, 1.807) is 54.6 Å². The molecule has 0 aliphatic heterocycles. The first-order valence-corrected chi connectivity index (χ1v) is 7.65. The molecule has 0 saturated carbocycles. The highest BCUT2D eigenvalue weighted by atomic mass is 127. The molecule has 0 aliphatic carbocycles. The molecule has 0 aliphatic rings. The lowest BCUT2D eigenvalue weighted by molar-refractivity contribution is 0.291. The van der Waals surface area contributed by atoms with Crippen molar-refractivity contribution in [2.45, 2.75) is 0 Å². The quantitative estimate of drug-likeness (QED) is 0.651.